The van der Waals surface area contributed by atoms with E-state index < -0.39 is 34.7 Å². The molecule has 0 unspecified atom stereocenters. The number of anilines is 2. The monoisotopic (exact) mass is 686 g/mol. The number of hydrogen-bond acceptors (Lipinski definition) is 9. The zero-order valence-corrected chi connectivity index (χ0v) is 29.3. The van der Waals surface area contributed by atoms with Crippen LogP contribution in [0.15, 0.2) is 35.5 Å². The number of fused-ring (bicyclic) bond motifs is 5. The van der Waals surface area contributed by atoms with Gasteiger partial charge in [-0.25, -0.2) is 23.4 Å². The summed E-state index contributed by atoms with van der Waals surface area (Å²) in [6, 6.07) is 2.81. The molecule has 2 atom stereocenters. The van der Waals surface area contributed by atoms with Crippen molar-refractivity contribution in [1.82, 2.24) is 19.4 Å². The number of pyridine rings is 3. The van der Waals surface area contributed by atoms with Gasteiger partial charge in [0.15, 0.2) is 11.6 Å². The van der Waals surface area contributed by atoms with Crippen LogP contribution in [0.2, 0.25) is 0 Å². The van der Waals surface area contributed by atoms with Crippen LogP contribution in [0.25, 0.3) is 33.3 Å². The second kappa shape index (κ2) is 12.1. The Morgan fingerprint density at radius 1 is 1.08 bits per heavy atom. The fraction of sp³-hybridized carbons (Fsp3) is 0.432. The van der Waals surface area contributed by atoms with Crippen molar-refractivity contribution in [2.45, 2.75) is 52.2 Å². The minimum atomic E-state index is -1.10. The molecule has 1 aromatic carbocycles. The van der Waals surface area contributed by atoms with Crippen LogP contribution in [0.5, 0.6) is 0 Å². The summed E-state index contributed by atoms with van der Waals surface area (Å²) in [7, 11) is 5.25. The number of esters is 1. The molecule has 7 rings (SSSR count). The largest absolute Gasteiger partial charge is 0.462 e. The number of amides is 1. The summed E-state index contributed by atoms with van der Waals surface area (Å²) in [5.74, 6) is -2.47. The first kappa shape index (κ1) is 33.6. The standard InChI is InChI=1S/C37H40F2N6O5/c1-8-49-35(47)24-17-43(6)34-22(33(24)46)11-20(14-41-34)23-15-40-26-12-21-27(44(7)36(48)50-37(2,3)4)13-25(38)31(39)29(21)30(26)32(23)45-10-9-19-16-42(5)18-28(19)45/h11,13-15,17,19,28H,8-10,12,16,18H2,1-7H3/t19-,28+/m0/s1. The van der Waals surface area contributed by atoms with Crippen molar-refractivity contribution in [1.29, 1.82) is 0 Å². The van der Waals surface area contributed by atoms with E-state index in [2.05, 4.69) is 21.8 Å². The van der Waals surface area contributed by atoms with Crippen LogP contribution in [0.1, 0.15) is 55.7 Å². The number of rotatable bonds is 5. The molecule has 0 N–H and O–H groups in total. The molecule has 2 aliphatic heterocycles. The molecular formula is C37H40F2N6O5. The maximum atomic E-state index is 16.3. The van der Waals surface area contributed by atoms with E-state index in [4.69, 9.17) is 14.5 Å². The van der Waals surface area contributed by atoms with E-state index in [1.165, 1.54) is 18.1 Å². The summed E-state index contributed by atoms with van der Waals surface area (Å²) in [6.45, 7) is 9.37. The number of halogens is 2. The highest BCUT2D eigenvalue weighted by atomic mass is 19.2. The van der Waals surface area contributed by atoms with E-state index in [1.54, 1.807) is 57.8 Å². The highest BCUT2D eigenvalue weighted by Crippen LogP contribution is 2.52. The first-order chi connectivity index (χ1) is 23.7. The first-order valence-electron chi connectivity index (χ1n) is 16.8. The second-order valence-electron chi connectivity index (χ2n) is 14.4. The fourth-order valence-electron chi connectivity index (χ4n) is 7.75. The van der Waals surface area contributed by atoms with E-state index in [9.17, 15) is 14.4 Å². The number of benzene rings is 1. The Morgan fingerprint density at radius 3 is 2.56 bits per heavy atom. The zero-order valence-electron chi connectivity index (χ0n) is 29.3. The average molecular weight is 687 g/mol. The number of carbonyl (C=O) groups is 2. The van der Waals surface area contributed by atoms with E-state index in [0.717, 1.165) is 25.6 Å². The lowest BCUT2D eigenvalue weighted by Gasteiger charge is -2.31. The third kappa shape index (κ3) is 5.47. The maximum absolute atomic E-state index is 16.3. The molecule has 1 aliphatic carbocycles. The van der Waals surface area contributed by atoms with Gasteiger partial charge < -0.3 is 23.8 Å². The van der Waals surface area contributed by atoms with Gasteiger partial charge in [0.25, 0.3) is 0 Å². The van der Waals surface area contributed by atoms with Gasteiger partial charge in [0.05, 0.1) is 29.1 Å². The smallest absolute Gasteiger partial charge is 0.414 e. The molecular weight excluding hydrogens is 646 g/mol. The molecule has 0 spiro atoms. The van der Waals surface area contributed by atoms with Crippen molar-refractivity contribution < 1.29 is 27.8 Å². The van der Waals surface area contributed by atoms with Crippen LogP contribution < -0.4 is 15.2 Å². The quantitative estimate of drug-likeness (QED) is 0.221. The number of ether oxygens (including phenoxy) is 2. The Kier molecular flexibility index (Phi) is 8.16. The molecule has 50 heavy (non-hydrogen) atoms. The first-order valence-corrected chi connectivity index (χ1v) is 16.8. The van der Waals surface area contributed by atoms with Gasteiger partial charge in [-0.2, -0.15) is 0 Å². The summed E-state index contributed by atoms with van der Waals surface area (Å²) in [4.78, 5) is 54.7. The molecule has 262 valence electrons. The SMILES string of the molecule is CCOC(=O)c1cn(C)c2ncc(-c3cnc4c(c3N3CC[C@H]5CN(C)C[C@H]53)-c3c(F)c(F)cc(N(C)C(=O)OC(C)(C)C)c3C4)cc2c1=O. The van der Waals surface area contributed by atoms with Crippen molar-refractivity contribution in [3.05, 3.63) is 69.4 Å². The van der Waals surface area contributed by atoms with Crippen molar-refractivity contribution in [2.24, 2.45) is 13.0 Å². The molecule has 3 aliphatic rings. The molecule has 0 radical (unpaired) electrons. The average Bonchev–Trinajstić information content (AvgIpc) is 3.75. The fourth-order valence-corrected chi connectivity index (χ4v) is 7.75. The van der Waals surface area contributed by atoms with Crippen LogP contribution in [0.4, 0.5) is 25.0 Å². The molecule has 0 bridgehead atoms. The van der Waals surface area contributed by atoms with Gasteiger partial charge >= 0.3 is 12.1 Å². The van der Waals surface area contributed by atoms with Crippen LogP contribution >= 0.6 is 0 Å². The van der Waals surface area contributed by atoms with Crippen LogP contribution in [0, 0.1) is 17.6 Å². The van der Waals surface area contributed by atoms with E-state index in [1.807, 2.05) is 0 Å². The Balaban J connectivity index is 1.46. The molecule has 11 nitrogen and oxygen atoms in total. The van der Waals surface area contributed by atoms with Crippen molar-refractivity contribution >= 4 is 34.5 Å². The number of likely N-dealkylation sites (tertiary alicyclic amines) is 1. The topological polar surface area (TPSA) is 110 Å². The maximum Gasteiger partial charge on any atom is 0.414 e. The number of aryl methyl sites for hydroxylation is 1. The second-order valence-corrected chi connectivity index (χ2v) is 14.4. The molecule has 2 saturated heterocycles. The molecule has 5 heterocycles. The van der Waals surface area contributed by atoms with Gasteiger partial charge in [0.1, 0.15) is 16.8 Å². The predicted octanol–water partition coefficient (Wildman–Crippen LogP) is 5.53. The van der Waals surface area contributed by atoms with Crippen molar-refractivity contribution in [3.63, 3.8) is 0 Å². The lowest BCUT2D eigenvalue weighted by Crippen LogP contribution is -2.35. The number of aromatic nitrogens is 3. The Morgan fingerprint density at radius 2 is 1.84 bits per heavy atom. The molecule has 2 fully saturated rings. The van der Waals surface area contributed by atoms with Crippen LogP contribution in [-0.4, -0.2) is 83.5 Å². The van der Waals surface area contributed by atoms with Gasteiger partial charge in [0.2, 0.25) is 5.43 Å². The minimum absolute atomic E-state index is 0.0545. The molecule has 3 aromatic heterocycles. The summed E-state index contributed by atoms with van der Waals surface area (Å²) in [5, 5.41) is 0.209. The summed E-state index contributed by atoms with van der Waals surface area (Å²) in [6.07, 6.45) is 5.12. The van der Waals surface area contributed by atoms with E-state index >= 15 is 8.78 Å². The Bertz CT molecular complexity index is 2140. The van der Waals surface area contributed by atoms with Gasteiger partial charge in [-0.15, -0.1) is 0 Å². The van der Waals surface area contributed by atoms with E-state index in [-0.39, 0.29) is 41.3 Å². The third-order valence-electron chi connectivity index (χ3n) is 9.89. The van der Waals surface area contributed by atoms with Crippen molar-refractivity contribution in [3.8, 4) is 22.3 Å². The Labute approximate surface area is 288 Å². The molecule has 0 saturated carbocycles. The molecule has 4 aromatic rings. The number of likely N-dealkylation sites (N-methyl/N-ethyl adjacent to an activating group) is 1. The van der Waals surface area contributed by atoms with Crippen LogP contribution in [-0.2, 0) is 22.9 Å². The lowest BCUT2D eigenvalue weighted by molar-refractivity contribution is 0.0522. The summed E-state index contributed by atoms with van der Waals surface area (Å²) < 4.78 is 44.2. The lowest BCUT2D eigenvalue weighted by atomic mass is 9.96. The summed E-state index contributed by atoms with van der Waals surface area (Å²) >= 11 is 0. The highest BCUT2D eigenvalue weighted by molar-refractivity contribution is 6.00. The molecule has 13 heteroatoms. The number of carbonyl (C=O) groups excluding carboxylic acids is 2. The van der Waals surface area contributed by atoms with Crippen LogP contribution in [0.3, 0.4) is 0 Å². The van der Waals surface area contributed by atoms with Gasteiger partial charge in [0, 0.05) is 93.1 Å². The Hall–Kier alpha value is -4.91. The summed E-state index contributed by atoms with van der Waals surface area (Å²) in [5.41, 5.74) is 2.42. The van der Waals surface area contributed by atoms with Gasteiger partial charge in [-0.1, -0.05) is 0 Å². The minimum Gasteiger partial charge on any atom is -0.462 e. The molecule has 1 amide bonds. The zero-order chi connectivity index (χ0) is 35.8. The highest BCUT2D eigenvalue weighted by Gasteiger charge is 2.44. The van der Waals surface area contributed by atoms with Crippen molar-refractivity contribution in [2.75, 3.05) is 50.1 Å². The third-order valence-corrected chi connectivity index (χ3v) is 9.89. The predicted molar refractivity (Wildman–Crippen MR) is 186 cm³/mol. The number of hydrogen-bond donors (Lipinski definition) is 0. The normalized spacial score (nSPS) is 18.3. The van der Waals surface area contributed by atoms with E-state index in [0.29, 0.717) is 51.7 Å². The van der Waals surface area contributed by atoms with Gasteiger partial charge in [-0.05, 0) is 58.7 Å². The number of nitrogens with zero attached hydrogens (tertiary/aromatic N) is 6. The van der Waals surface area contributed by atoms with Gasteiger partial charge in [-0.3, -0.25) is 14.7 Å².